The summed E-state index contributed by atoms with van der Waals surface area (Å²) in [5, 5.41) is 20.2. The number of rotatable bonds is 8. The van der Waals surface area contributed by atoms with Gasteiger partial charge in [0.25, 0.3) is 0 Å². The van der Waals surface area contributed by atoms with Crippen molar-refractivity contribution < 1.29 is 24.1 Å². The fraction of sp³-hybridized carbons (Fsp3) is 0.355. The van der Waals surface area contributed by atoms with Crippen LogP contribution in [0.4, 0.5) is 4.39 Å². The maximum Gasteiger partial charge on any atom is 0.150 e. The topological polar surface area (TPSA) is 62.2 Å². The van der Waals surface area contributed by atoms with Gasteiger partial charge in [0.1, 0.15) is 35.7 Å². The van der Waals surface area contributed by atoms with Crippen molar-refractivity contribution in [1.82, 2.24) is 4.90 Å². The highest BCUT2D eigenvalue weighted by Gasteiger charge is 2.30. The summed E-state index contributed by atoms with van der Waals surface area (Å²) in [5.74, 6) is 1.78. The van der Waals surface area contributed by atoms with E-state index in [2.05, 4.69) is 11.8 Å². The van der Waals surface area contributed by atoms with E-state index < -0.39 is 6.10 Å². The Bertz CT molecular complexity index is 1270. The second-order valence-electron chi connectivity index (χ2n) is 10.0. The molecule has 2 aliphatic rings. The average molecular weight is 504 g/mol. The zero-order chi connectivity index (χ0) is 25.9. The Kier molecular flexibility index (Phi) is 7.38. The molecule has 6 heteroatoms. The second kappa shape index (κ2) is 10.9. The number of fused-ring (bicyclic) bond motifs is 1. The van der Waals surface area contributed by atoms with E-state index in [1.807, 2.05) is 43.3 Å². The lowest BCUT2D eigenvalue weighted by atomic mass is 9.86. The number of halogens is 1. The summed E-state index contributed by atoms with van der Waals surface area (Å²) in [5.41, 5.74) is 4.52. The molecule has 0 bridgehead atoms. The minimum absolute atomic E-state index is 0.0692. The van der Waals surface area contributed by atoms with Crippen molar-refractivity contribution in [1.29, 1.82) is 0 Å². The number of nitrogens with zero attached hydrogens (tertiary/aromatic N) is 1. The van der Waals surface area contributed by atoms with Crippen LogP contribution in [-0.4, -0.2) is 47.0 Å². The Hall–Kier alpha value is -3.51. The smallest absolute Gasteiger partial charge is 0.150 e. The van der Waals surface area contributed by atoms with Gasteiger partial charge in [-0.2, -0.15) is 0 Å². The summed E-state index contributed by atoms with van der Waals surface area (Å²) >= 11 is 0. The number of hydrogen-bond donors (Lipinski definition) is 2. The molecule has 0 aliphatic carbocycles. The first-order valence-corrected chi connectivity index (χ1v) is 13.0. The molecule has 0 aromatic heterocycles. The van der Waals surface area contributed by atoms with Crippen molar-refractivity contribution in [3.63, 3.8) is 0 Å². The highest BCUT2D eigenvalue weighted by molar-refractivity contribution is 5.95. The first-order chi connectivity index (χ1) is 17.9. The van der Waals surface area contributed by atoms with Crippen LogP contribution in [0.3, 0.4) is 0 Å². The van der Waals surface area contributed by atoms with Crippen molar-refractivity contribution in [2.45, 2.75) is 51.3 Å². The molecule has 37 heavy (non-hydrogen) atoms. The first-order valence-electron chi connectivity index (χ1n) is 13.0. The van der Waals surface area contributed by atoms with E-state index in [1.54, 1.807) is 30.3 Å². The predicted molar refractivity (Wildman–Crippen MR) is 144 cm³/mol. The Balaban J connectivity index is 1.41. The number of benzene rings is 3. The highest BCUT2D eigenvalue weighted by atomic mass is 19.1. The van der Waals surface area contributed by atoms with E-state index in [9.17, 15) is 14.6 Å². The Morgan fingerprint density at radius 2 is 1.84 bits per heavy atom. The fourth-order valence-corrected chi connectivity index (χ4v) is 5.62. The van der Waals surface area contributed by atoms with Crippen LogP contribution in [0, 0.1) is 0 Å². The SMILES string of the molecule is CC1=C(c2cccc(O)c2)C(c2ccc(OC[C@H](CCF)N3CCC[C@H]3C)cc2)Oc2ccc(O)cc21. The standard InChI is InChI=1S/C31H34FNO4/c1-20-5-4-16-33(20)24(14-15-32)19-36-27-11-8-22(9-12-27)31-30(23-6-3-7-25(34)17-23)21(2)28-18-26(35)10-13-29(28)37-31/h3,6-13,17-18,20,24,31,34-35H,4-5,14-16,19H2,1-2H3/t20-,24+,31?/m1/s1. The summed E-state index contributed by atoms with van der Waals surface area (Å²) in [6, 6.07) is 20.6. The number of ether oxygens (including phenoxy) is 2. The number of alkyl halides is 1. The molecule has 5 nitrogen and oxygen atoms in total. The van der Waals surface area contributed by atoms with E-state index in [-0.39, 0.29) is 24.2 Å². The number of hydrogen-bond acceptors (Lipinski definition) is 5. The Labute approximate surface area is 217 Å². The molecule has 3 atom stereocenters. The molecule has 2 N–H and O–H groups in total. The molecule has 0 amide bonds. The highest BCUT2D eigenvalue weighted by Crippen LogP contribution is 2.47. The largest absolute Gasteiger partial charge is 0.508 e. The van der Waals surface area contributed by atoms with E-state index in [0.717, 1.165) is 53.0 Å². The van der Waals surface area contributed by atoms with E-state index in [4.69, 9.17) is 9.47 Å². The molecule has 0 radical (unpaired) electrons. The van der Waals surface area contributed by atoms with Crippen LogP contribution >= 0.6 is 0 Å². The van der Waals surface area contributed by atoms with Gasteiger partial charge in [-0.25, -0.2) is 0 Å². The summed E-state index contributed by atoms with van der Waals surface area (Å²) in [6.45, 7) is 5.32. The Morgan fingerprint density at radius 3 is 2.54 bits per heavy atom. The van der Waals surface area contributed by atoms with Crippen molar-refractivity contribution >= 4 is 11.1 Å². The third-order valence-electron chi connectivity index (χ3n) is 7.58. The normalized spacial score (nSPS) is 20.4. The minimum Gasteiger partial charge on any atom is -0.508 e. The van der Waals surface area contributed by atoms with Crippen LogP contribution in [0.15, 0.2) is 66.7 Å². The van der Waals surface area contributed by atoms with Crippen LogP contribution in [0.5, 0.6) is 23.0 Å². The number of phenols is 2. The molecule has 0 spiro atoms. The van der Waals surface area contributed by atoms with Crippen molar-refractivity contribution in [3.05, 3.63) is 83.4 Å². The summed E-state index contributed by atoms with van der Waals surface area (Å²) < 4.78 is 25.8. The molecule has 2 heterocycles. The van der Waals surface area contributed by atoms with Gasteiger partial charge in [-0.3, -0.25) is 9.29 Å². The van der Waals surface area contributed by atoms with Crippen LogP contribution in [-0.2, 0) is 0 Å². The maximum absolute atomic E-state index is 13.2. The van der Waals surface area contributed by atoms with Crippen LogP contribution in [0.25, 0.3) is 11.1 Å². The van der Waals surface area contributed by atoms with Gasteiger partial charge in [0.15, 0.2) is 0 Å². The number of aromatic hydroxyl groups is 2. The van der Waals surface area contributed by atoms with E-state index >= 15 is 0 Å². The van der Waals surface area contributed by atoms with Gasteiger partial charge in [0.05, 0.1) is 6.67 Å². The predicted octanol–water partition coefficient (Wildman–Crippen LogP) is 6.75. The van der Waals surface area contributed by atoms with Crippen molar-refractivity contribution in [2.75, 3.05) is 19.8 Å². The zero-order valence-electron chi connectivity index (χ0n) is 21.4. The fourth-order valence-electron chi connectivity index (χ4n) is 5.62. The van der Waals surface area contributed by atoms with E-state index in [0.29, 0.717) is 24.8 Å². The molecular formula is C31H34FNO4. The third-order valence-corrected chi connectivity index (χ3v) is 7.58. The summed E-state index contributed by atoms with van der Waals surface area (Å²) in [6.07, 6.45) is 2.37. The van der Waals surface area contributed by atoms with Crippen molar-refractivity contribution in [2.24, 2.45) is 0 Å². The molecule has 194 valence electrons. The number of phenolic OH excluding ortho intramolecular Hbond substituents is 2. The molecule has 1 unspecified atom stereocenters. The van der Waals surface area contributed by atoms with Gasteiger partial charge in [0, 0.05) is 23.2 Å². The average Bonchev–Trinajstić information content (AvgIpc) is 3.32. The molecule has 1 fully saturated rings. The number of allylic oxidation sites excluding steroid dienone is 1. The van der Waals surface area contributed by atoms with Gasteiger partial charge < -0.3 is 19.7 Å². The maximum atomic E-state index is 13.2. The van der Waals surface area contributed by atoms with Crippen LogP contribution < -0.4 is 9.47 Å². The molecule has 0 saturated carbocycles. The van der Waals surface area contributed by atoms with Crippen molar-refractivity contribution in [3.8, 4) is 23.0 Å². The molecule has 2 aliphatic heterocycles. The quantitative estimate of drug-likeness (QED) is 0.356. The second-order valence-corrected chi connectivity index (χ2v) is 10.0. The summed E-state index contributed by atoms with van der Waals surface area (Å²) in [4.78, 5) is 2.37. The van der Waals surface area contributed by atoms with Gasteiger partial charge in [-0.05, 0) is 98.8 Å². The van der Waals surface area contributed by atoms with Crippen LogP contribution in [0.1, 0.15) is 55.9 Å². The molecule has 1 saturated heterocycles. The Morgan fingerprint density at radius 1 is 1.05 bits per heavy atom. The van der Waals surface area contributed by atoms with Gasteiger partial charge in [0.2, 0.25) is 0 Å². The monoisotopic (exact) mass is 503 g/mol. The molecule has 3 aromatic rings. The van der Waals surface area contributed by atoms with E-state index in [1.165, 1.54) is 0 Å². The zero-order valence-corrected chi connectivity index (χ0v) is 21.4. The van der Waals surface area contributed by atoms with Crippen LogP contribution in [0.2, 0.25) is 0 Å². The lowest BCUT2D eigenvalue weighted by Gasteiger charge is -2.31. The lowest BCUT2D eigenvalue weighted by Crippen LogP contribution is -2.41. The van der Waals surface area contributed by atoms with Gasteiger partial charge >= 0.3 is 0 Å². The summed E-state index contributed by atoms with van der Waals surface area (Å²) in [7, 11) is 0. The van der Waals surface area contributed by atoms with Gasteiger partial charge in [-0.1, -0.05) is 24.3 Å². The number of likely N-dealkylation sites (tertiary alicyclic amines) is 1. The molecular weight excluding hydrogens is 469 g/mol. The third kappa shape index (κ3) is 5.30. The minimum atomic E-state index is -0.405. The van der Waals surface area contributed by atoms with Gasteiger partial charge in [-0.15, -0.1) is 0 Å². The first kappa shape index (κ1) is 25.2. The molecule has 3 aromatic carbocycles. The lowest BCUT2D eigenvalue weighted by molar-refractivity contribution is 0.116. The molecule has 5 rings (SSSR count).